The summed E-state index contributed by atoms with van der Waals surface area (Å²) >= 11 is 11.9. The zero-order chi connectivity index (χ0) is 15.6. The number of rotatable bonds is 3. The zero-order valence-electron chi connectivity index (χ0n) is 12.0. The van der Waals surface area contributed by atoms with Gasteiger partial charge in [0.05, 0.1) is 35.2 Å². The SMILES string of the molecule is C[C@@H]1CN(CC(=O)Nc2c(N)cc(Cl)cc2Cl)C[C@H](C)O1. The molecule has 116 valence electrons. The quantitative estimate of drug-likeness (QED) is 0.835. The van der Waals surface area contributed by atoms with Gasteiger partial charge in [-0.05, 0) is 26.0 Å². The molecule has 21 heavy (non-hydrogen) atoms. The zero-order valence-corrected chi connectivity index (χ0v) is 13.5. The minimum Gasteiger partial charge on any atom is -0.397 e. The first-order valence-corrected chi connectivity index (χ1v) is 7.53. The molecular weight excluding hydrogens is 313 g/mol. The monoisotopic (exact) mass is 331 g/mol. The Morgan fingerprint density at radius 2 is 2.00 bits per heavy atom. The average Bonchev–Trinajstić information content (AvgIpc) is 2.32. The molecule has 1 aromatic carbocycles. The normalized spacial score (nSPS) is 23.0. The van der Waals surface area contributed by atoms with Crippen LogP contribution in [-0.2, 0) is 9.53 Å². The smallest absolute Gasteiger partial charge is 0.238 e. The van der Waals surface area contributed by atoms with Gasteiger partial charge in [0.15, 0.2) is 0 Å². The Labute approximate surface area is 134 Å². The number of amides is 1. The first-order valence-electron chi connectivity index (χ1n) is 6.77. The number of carbonyl (C=O) groups excluding carboxylic acids is 1. The lowest BCUT2D eigenvalue weighted by Crippen LogP contribution is -2.48. The van der Waals surface area contributed by atoms with Crippen LogP contribution in [0, 0.1) is 0 Å². The maximum atomic E-state index is 12.1. The number of nitrogens with two attached hydrogens (primary N) is 1. The summed E-state index contributed by atoms with van der Waals surface area (Å²) in [6.45, 7) is 5.71. The van der Waals surface area contributed by atoms with Crippen LogP contribution in [0.25, 0.3) is 0 Å². The molecule has 1 amide bonds. The van der Waals surface area contributed by atoms with Crippen LogP contribution in [0.1, 0.15) is 13.8 Å². The Morgan fingerprint density at radius 3 is 2.57 bits per heavy atom. The van der Waals surface area contributed by atoms with Crippen molar-refractivity contribution in [3.8, 4) is 0 Å². The summed E-state index contributed by atoms with van der Waals surface area (Å²) in [6.07, 6.45) is 0.233. The van der Waals surface area contributed by atoms with E-state index in [2.05, 4.69) is 5.32 Å². The summed E-state index contributed by atoms with van der Waals surface area (Å²) in [7, 11) is 0. The molecule has 3 N–H and O–H groups in total. The van der Waals surface area contributed by atoms with Crippen molar-refractivity contribution < 1.29 is 9.53 Å². The molecule has 2 atom stereocenters. The first kappa shape index (κ1) is 16.4. The molecule has 1 saturated heterocycles. The van der Waals surface area contributed by atoms with Crippen LogP contribution < -0.4 is 11.1 Å². The summed E-state index contributed by atoms with van der Waals surface area (Å²) < 4.78 is 5.64. The molecule has 1 aromatic rings. The minimum atomic E-state index is -0.160. The largest absolute Gasteiger partial charge is 0.397 e. The lowest BCUT2D eigenvalue weighted by Gasteiger charge is -2.34. The summed E-state index contributed by atoms with van der Waals surface area (Å²) in [6, 6.07) is 3.11. The second kappa shape index (κ2) is 6.83. The molecule has 7 heteroatoms. The number of nitrogen functional groups attached to an aromatic ring is 1. The van der Waals surface area contributed by atoms with Gasteiger partial charge in [0.1, 0.15) is 0 Å². The molecule has 1 aliphatic rings. The van der Waals surface area contributed by atoms with Crippen molar-refractivity contribution in [2.45, 2.75) is 26.1 Å². The van der Waals surface area contributed by atoms with Crippen LogP contribution in [0.15, 0.2) is 12.1 Å². The Hall–Kier alpha value is -1.01. The summed E-state index contributed by atoms with van der Waals surface area (Å²) in [4.78, 5) is 14.2. The Kier molecular flexibility index (Phi) is 5.32. The maximum absolute atomic E-state index is 12.1. The van der Waals surface area contributed by atoms with E-state index in [-0.39, 0.29) is 24.7 Å². The number of hydrogen-bond donors (Lipinski definition) is 2. The standard InChI is InChI=1S/C14H19Cl2N3O2/c1-8-5-19(6-9(2)21-8)7-13(20)18-14-11(16)3-10(15)4-12(14)17/h3-4,8-9H,5-7,17H2,1-2H3,(H,18,20)/t8-,9+. The number of benzene rings is 1. The third-order valence-electron chi connectivity index (χ3n) is 3.21. The third-order valence-corrected chi connectivity index (χ3v) is 3.73. The van der Waals surface area contributed by atoms with Crippen LogP contribution >= 0.6 is 23.2 Å². The van der Waals surface area contributed by atoms with Gasteiger partial charge in [0.25, 0.3) is 0 Å². The second-order valence-corrected chi connectivity index (χ2v) is 6.20. The molecule has 1 heterocycles. The van der Waals surface area contributed by atoms with Gasteiger partial charge >= 0.3 is 0 Å². The van der Waals surface area contributed by atoms with E-state index in [0.717, 1.165) is 13.1 Å². The van der Waals surface area contributed by atoms with Crippen molar-refractivity contribution in [2.75, 3.05) is 30.7 Å². The van der Waals surface area contributed by atoms with Gasteiger partial charge in [0.2, 0.25) is 5.91 Å². The van der Waals surface area contributed by atoms with Crippen LogP contribution in [0.2, 0.25) is 10.0 Å². The summed E-state index contributed by atoms with van der Waals surface area (Å²) in [5.41, 5.74) is 6.59. The highest BCUT2D eigenvalue weighted by atomic mass is 35.5. The van der Waals surface area contributed by atoms with Gasteiger partial charge in [0, 0.05) is 18.1 Å². The van der Waals surface area contributed by atoms with E-state index in [1.54, 1.807) is 12.1 Å². The van der Waals surface area contributed by atoms with E-state index in [1.165, 1.54) is 0 Å². The summed E-state index contributed by atoms with van der Waals surface area (Å²) in [5.74, 6) is -0.160. The lowest BCUT2D eigenvalue weighted by atomic mass is 10.2. The summed E-state index contributed by atoms with van der Waals surface area (Å²) in [5, 5.41) is 3.51. The predicted molar refractivity (Wildman–Crippen MR) is 86.0 cm³/mol. The topological polar surface area (TPSA) is 67.6 Å². The number of nitrogens with one attached hydrogen (secondary N) is 1. The van der Waals surface area contributed by atoms with Gasteiger partial charge in [-0.3, -0.25) is 9.69 Å². The van der Waals surface area contributed by atoms with Gasteiger partial charge in [-0.15, -0.1) is 0 Å². The van der Waals surface area contributed by atoms with E-state index in [9.17, 15) is 4.79 Å². The molecular formula is C14H19Cl2N3O2. The molecule has 2 rings (SSSR count). The lowest BCUT2D eigenvalue weighted by molar-refractivity contribution is -0.121. The highest BCUT2D eigenvalue weighted by molar-refractivity contribution is 6.37. The van der Waals surface area contributed by atoms with Crippen molar-refractivity contribution in [1.82, 2.24) is 4.90 Å². The van der Waals surface area contributed by atoms with E-state index < -0.39 is 0 Å². The van der Waals surface area contributed by atoms with E-state index in [4.69, 9.17) is 33.7 Å². The number of morpholine rings is 1. The molecule has 0 aromatic heterocycles. The molecule has 0 bridgehead atoms. The Morgan fingerprint density at radius 1 is 1.38 bits per heavy atom. The van der Waals surface area contributed by atoms with Crippen molar-refractivity contribution >= 4 is 40.5 Å². The number of ether oxygens (including phenoxy) is 1. The number of anilines is 2. The van der Waals surface area contributed by atoms with Crippen molar-refractivity contribution in [2.24, 2.45) is 0 Å². The average molecular weight is 332 g/mol. The van der Waals surface area contributed by atoms with Gasteiger partial charge in [-0.25, -0.2) is 0 Å². The molecule has 1 fully saturated rings. The van der Waals surface area contributed by atoms with Crippen molar-refractivity contribution in [1.29, 1.82) is 0 Å². The van der Waals surface area contributed by atoms with Gasteiger partial charge < -0.3 is 15.8 Å². The Balaban J connectivity index is 1.99. The van der Waals surface area contributed by atoms with Crippen LogP contribution in [0.4, 0.5) is 11.4 Å². The third kappa shape index (κ3) is 4.48. The van der Waals surface area contributed by atoms with Crippen molar-refractivity contribution in [3.63, 3.8) is 0 Å². The van der Waals surface area contributed by atoms with E-state index in [0.29, 0.717) is 21.4 Å². The molecule has 0 aliphatic carbocycles. The molecule has 0 saturated carbocycles. The fourth-order valence-corrected chi connectivity index (χ4v) is 3.08. The minimum absolute atomic E-state index is 0.116. The number of nitrogens with zero attached hydrogens (tertiary/aromatic N) is 1. The Bertz CT molecular complexity index is 506. The van der Waals surface area contributed by atoms with Crippen LogP contribution in [0.3, 0.4) is 0 Å². The second-order valence-electron chi connectivity index (χ2n) is 5.35. The van der Waals surface area contributed by atoms with E-state index >= 15 is 0 Å². The molecule has 0 radical (unpaired) electrons. The molecule has 0 spiro atoms. The van der Waals surface area contributed by atoms with Crippen molar-refractivity contribution in [3.05, 3.63) is 22.2 Å². The fourth-order valence-electron chi connectivity index (χ4n) is 2.52. The van der Waals surface area contributed by atoms with Gasteiger partial charge in [-0.2, -0.15) is 0 Å². The number of hydrogen-bond acceptors (Lipinski definition) is 4. The highest BCUT2D eigenvalue weighted by Crippen LogP contribution is 2.32. The molecule has 1 aliphatic heterocycles. The van der Waals surface area contributed by atoms with Crippen LogP contribution in [0.5, 0.6) is 0 Å². The highest BCUT2D eigenvalue weighted by Gasteiger charge is 2.24. The maximum Gasteiger partial charge on any atom is 0.238 e. The fraction of sp³-hybridized carbons (Fsp3) is 0.500. The molecule has 5 nitrogen and oxygen atoms in total. The number of halogens is 2. The van der Waals surface area contributed by atoms with Gasteiger partial charge in [-0.1, -0.05) is 23.2 Å². The predicted octanol–water partition coefficient (Wildman–Crippen LogP) is 2.62. The first-order chi connectivity index (χ1) is 9.85. The van der Waals surface area contributed by atoms with E-state index in [1.807, 2.05) is 18.7 Å². The molecule has 0 unspecified atom stereocenters. The number of carbonyl (C=O) groups is 1. The van der Waals surface area contributed by atoms with Crippen LogP contribution in [-0.4, -0.2) is 42.6 Å².